The minimum atomic E-state index is -0.479. The first-order chi connectivity index (χ1) is 10.4. The quantitative estimate of drug-likeness (QED) is 0.836. The average molecular weight is 340 g/mol. The summed E-state index contributed by atoms with van der Waals surface area (Å²) in [6.07, 6.45) is 0.346. The van der Waals surface area contributed by atoms with Gasteiger partial charge >= 0.3 is 0 Å². The Hall–Kier alpha value is -1.66. The van der Waals surface area contributed by atoms with Gasteiger partial charge < -0.3 is 10.2 Å². The third-order valence-electron chi connectivity index (χ3n) is 3.37. The van der Waals surface area contributed by atoms with Crippen LogP contribution in [0.25, 0.3) is 0 Å². The lowest BCUT2D eigenvalue weighted by molar-refractivity contribution is -0.126. The van der Waals surface area contributed by atoms with E-state index in [0.717, 1.165) is 12.0 Å². The normalized spacial score (nSPS) is 16.1. The Morgan fingerprint density at radius 1 is 1.41 bits per heavy atom. The lowest BCUT2D eigenvalue weighted by Gasteiger charge is -2.30. The molecule has 5 nitrogen and oxygen atoms in total. The van der Waals surface area contributed by atoms with Gasteiger partial charge in [0.2, 0.25) is 11.8 Å². The van der Waals surface area contributed by atoms with E-state index in [1.807, 2.05) is 19.1 Å². The van der Waals surface area contributed by atoms with E-state index in [2.05, 4.69) is 5.32 Å². The van der Waals surface area contributed by atoms with Crippen molar-refractivity contribution in [1.82, 2.24) is 15.1 Å². The highest BCUT2D eigenvalue weighted by Gasteiger charge is 2.37. The Morgan fingerprint density at radius 2 is 2.05 bits per heavy atom. The van der Waals surface area contributed by atoms with Crippen molar-refractivity contribution >= 4 is 40.7 Å². The highest BCUT2D eigenvalue weighted by Crippen LogP contribution is 2.25. The molecule has 1 aromatic rings. The predicted octanol–water partition coefficient (Wildman–Crippen LogP) is 2.31. The van der Waals surface area contributed by atoms with Crippen molar-refractivity contribution in [3.8, 4) is 0 Å². The zero-order valence-electron chi connectivity index (χ0n) is 12.5. The Bertz CT molecular complexity index is 591. The molecule has 0 aliphatic carbocycles. The second kappa shape index (κ2) is 7.07. The van der Waals surface area contributed by atoms with Gasteiger partial charge in [0.25, 0.3) is 0 Å². The molecule has 1 aliphatic rings. The van der Waals surface area contributed by atoms with E-state index in [-0.39, 0.29) is 18.4 Å². The van der Waals surface area contributed by atoms with E-state index in [4.69, 9.17) is 23.8 Å². The van der Waals surface area contributed by atoms with Gasteiger partial charge in [-0.1, -0.05) is 30.7 Å². The number of carbonyl (C=O) groups excluding carboxylic acids is 2. The van der Waals surface area contributed by atoms with Crippen molar-refractivity contribution in [2.45, 2.75) is 26.4 Å². The van der Waals surface area contributed by atoms with Crippen LogP contribution in [-0.2, 0) is 9.59 Å². The Balaban J connectivity index is 2.30. The lowest BCUT2D eigenvalue weighted by Crippen LogP contribution is -2.43. The fourth-order valence-corrected chi connectivity index (χ4v) is 2.87. The van der Waals surface area contributed by atoms with E-state index in [1.54, 1.807) is 21.9 Å². The van der Waals surface area contributed by atoms with Crippen molar-refractivity contribution in [2.24, 2.45) is 0 Å². The summed E-state index contributed by atoms with van der Waals surface area (Å²) in [4.78, 5) is 27.0. The number of nitrogens with zero attached hydrogens (tertiary/aromatic N) is 2. The summed E-state index contributed by atoms with van der Waals surface area (Å²) in [5, 5.41) is 3.90. The standard InChI is InChI=1S/C15H18ClN3O2S/c1-3-8-18-13(21)9-19(15(18)22)14(17-10(2)20)11-4-6-12(16)7-5-11/h4-7,14H,3,8-9H2,1-2H3,(H,17,20). The molecule has 0 aromatic heterocycles. The van der Waals surface area contributed by atoms with Crippen LogP contribution in [0.1, 0.15) is 32.0 Å². The second-order valence-electron chi connectivity index (χ2n) is 5.11. The molecule has 0 spiro atoms. The highest BCUT2D eigenvalue weighted by molar-refractivity contribution is 7.80. The van der Waals surface area contributed by atoms with Crippen molar-refractivity contribution < 1.29 is 9.59 Å². The molecule has 1 aliphatic heterocycles. The van der Waals surface area contributed by atoms with Crippen molar-refractivity contribution in [3.05, 3.63) is 34.9 Å². The molecule has 1 fully saturated rings. The van der Waals surface area contributed by atoms with Crippen molar-refractivity contribution in [3.63, 3.8) is 0 Å². The molecule has 1 unspecified atom stereocenters. The molecular weight excluding hydrogens is 322 g/mol. The first-order valence-corrected chi connectivity index (χ1v) is 7.86. The Morgan fingerprint density at radius 3 is 2.59 bits per heavy atom. The summed E-state index contributed by atoms with van der Waals surface area (Å²) in [6, 6.07) is 7.13. The van der Waals surface area contributed by atoms with Crippen LogP contribution in [0.15, 0.2) is 24.3 Å². The monoisotopic (exact) mass is 339 g/mol. The molecule has 1 N–H and O–H groups in total. The summed E-state index contributed by atoms with van der Waals surface area (Å²) >= 11 is 11.3. The van der Waals surface area contributed by atoms with Crippen LogP contribution in [0.3, 0.4) is 0 Å². The zero-order chi connectivity index (χ0) is 16.3. The molecule has 2 rings (SSSR count). The van der Waals surface area contributed by atoms with Crippen LogP contribution in [0.5, 0.6) is 0 Å². The van der Waals surface area contributed by atoms with Crippen LogP contribution < -0.4 is 5.32 Å². The summed E-state index contributed by atoms with van der Waals surface area (Å²) in [5.41, 5.74) is 0.827. The lowest BCUT2D eigenvalue weighted by atomic mass is 10.1. The number of hydrogen-bond donors (Lipinski definition) is 1. The fraction of sp³-hybridized carbons (Fsp3) is 0.400. The van der Waals surface area contributed by atoms with Crippen molar-refractivity contribution in [1.29, 1.82) is 0 Å². The number of halogens is 1. The molecule has 118 valence electrons. The second-order valence-corrected chi connectivity index (χ2v) is 5.91. The first kappa shape index (κ1) is 16.7. The topological polar surface area (TPSA) is 52.7 Å². The molecule has 1 atom stereocenters. The fourth-order valence-electron chi connectivity index (χ4n) is 2.38. The van der Waals surface area contributed by atoms with E-state index >= 15 is 0 Å². The maximum Gasteiger partial charge on any atom is 0.248 e. The van der Waals surface area contributed by atoms with Gasteiger partial charge in [-0.05, 0) is 36.3 Å². The molecule has 0 radical (unpaired) electrons. The number of nitrogens with one attached hydrogen (secondary N) is 1. The van der Waals surface area contributed by atoms with Crippen LogP contribution in [0.2, 0.25) is 5.02 Å². The third-order valence-corrected chi connectivity index (χ3v) is 4.07. The van der Waals surface area contributed by atoms with E-state index in [9.17, 15) is 9.59 Å². The average Bonchev–Trinajstić information content (AvgIpc) is 2.74. The van der Waals surface area contributed by atoms with Gasteiger partial charge in [-0.3, -0.25) is 14.5 Å². The summed E-state index contributed by atoms with van der Waals surface area (Å²) < 4.78 is 0. The van der Waals surface area contributed by atoms with Gasteiger partial charge in [-0.15, -0.1) is 0 Å². The first-order valence-electron chi connectivity index (χ1n) is 7.07. The maximum absolute atomic E-state index is 12.1. The van der Waals surface area contributed by atoms with Gasteiger partial charge in [0, 0.05) is 18.5 Å². The highest BCUT2D eigenvalue weighted by atomic mass is 35.5. The number of hydrogen-bond acceptors (Lipinski definition) is 3. The van der Waals surface area contributed by atoms with Gasteiger partial charge in [-0.2, -0.15) is 0 Å². The van der Waals surface area contributed by atoms with Crippen LogP contribution in [-0.4, -0.2) is 39.8 Å². The molecule has 0 saturated carbocycles. The van der Waals surface area contributed by atoms with Gasteiger partial charge in [-0.25, -0.2) is 0 Å². The maximum atomic E-state index is 12.1. The van der Waals surface area contributed by atoms with E-state index in [1.165, 1.54) is 6.92 Å². The minimum absolute atomic E-state index is 0.0452. The largest absolute Gasteiger partial charge is 0.332 e. The third kappa shape index (κ3) is 3.56. The van der Waals surface area contributed by atoms with Crippen LogP contribution >= 0.6 is 23.8 Å². The molecule has 0 bridgehead atoms. The molecular formula is C15H18ClN3O2S. The van der Waals surface area contributed by atoms with Crippen LogP contribution in [0, 0.1) is 0 Å². The molecule has 1 aromatic carbocycles. The summed E-state index contributed by atoms with van der Waals surface area (Å²) in [5.74, 6) is -0.236. The number of rotatable bonds is 5. The van der Waals surface area contributed by atoms with E-state index in [0.29, 0.717) is 16.7 Å². The summed E-state index contributed by atoms with van der Waals surface area (Å²) in [7, 11) is 0. The Kier molecular flexibility index (Phi) is 5.37. The molecule has 1 saturated heterocycles. The Labute approximate surface area is 140 Å². The van der Waals surface area contributed by atoms with Crippen LogP contribution in [0.4, 0.5) is 0 Å². The smallest absolute Gasteiger partial charge is 0.248 e. The minimum Gasteiger partial charge on any atom is -0.332 e. The van der Waals surface area contributed by atoms with Gasteiger partial charge in [0.1, 0.15) is 12.7 Å². The van der Waals surface area contributed by atoms with E-state index < -0.39 is 6.17 Å². The molecule has 1 heterocycles. The SMILES string of the molecule is CCCN1C(=O)CN(C(NC(C)=O)c2ccc(Cl)cc2)C1=S. The molecule has 2 amide bonds. The van der Waals surface area contributed by atoms with Crippen molar-refractivity contribution in [2.75, 3.05) is 13.1 Å². The number of carbonyl (C=O) groups is 2. The molecule has 7 heteroatoms. The van der Waals surface area contributed by atoms with Gasteiger partial charge in [0.05, 0.1) is 0 Å². The molecule has 22 heavy (non-hydrogen) atoms. The zero-order valence-corrected chi connectivity index (χ0v) is 14.1. The summed E-state index contributed by atoms with van der Waals surface area (Å²) in [6.45, 7) is 4.17. The number of thiocarbonyl (C=S) groups is 1. The number of benzene rings is 1. The number of amides is 2. The van der Waals surface area contributed by atoms with Gasteiger partial charge in [0.15, 0.2) is 5.11 Å². The predicted molar refractivity (Wildman–Crippen MR) is 89.3 cm³/mol.